The maximum atomic E-state index is 12.2. The van der Waals surface area contributed by atoms with E-state index in [4.69, 9.17) is 0 Å². The Labute approximate surface area is 179 Å². The Morgan fingerprint density at radius 1 is 0.968 bits per heavy atom. The van der Waals surface area contributed by atoms with Gasteiger partial charge in [0.05, 0.1) is 6.54 Å². The zero-order valence-electron chi connectivity index (χ0n) is 15.8. The number of amides is 2. The predicted octanol–water partition coefficient (Wildman–Crippen LogP) is 3.98. The average molecular weight is 450 g/mol. The molecular weight excluding hydrogens is 433 g/mol. The molecule has 3 N–H and O–H groups in total. The second-order valence-electron chi connectivity index (χ2n) is 6.33. The molecule has 6 nitrogen and oxygen atoms in total. The molecule has 3 rings (SSSR count). The SMILES string of the molecule is O=C(NCc1ccc(C(O)c2ccccc2)s1)C(=O)Nc1ccc(OC(F)(F)F)cc1. The Kier molecular flexibility index (Phi) is 6.93. The summed E-state index contributed by atoms with van der Waals surface area (Å²) in [5.41, 5.74) is 0.880. The number of rotatable bonds is 6. The topological polar surface area (TPSA) is 87.7 Å². The standard InChI is InChI=1S/C21H17F3N2O4S/c22-21(23,24)30-15-8-6-14(7-9-15)26-20(29)19(28)25-12-16-10-11-17(31-16)18(27)13-4-2-1-3-5-13/h1-11,18,27H,12H2,(H,25,28)(H,26,29). The smallest absolute Gasteiger partial charge is 0.406 e. The molecule has 1 atom stereocenters. The van der Waals surface area contributed by atoms with Crippen LogP contribution in [0.2, 0.25) is 0 Å². The number of thiophene rings is 1. The Hall–Kier alpha value is -3.37. The molecule has 0 radical (unpaired) electrons. The summed E-state index contributed by atoms with van der Waals surface area (Å²) in [6.07, 6.45) is -5.60. The Morgan fingerprint density at radius 3 is 2.29 bits per heavy atom. The number of aliphatic hydroxyl groups is 1. The monoisotopic (exact) mass is 450 g/mol. The predicted molar refractivity (Wildman–Crippen MR) is 108 cm³/mol. The van der Waals surface area contributed by atoms with E-state index < -0.39 is 30.0 Å². The summed E-state index contributed by atoms with van der Waals surface area (Å²) in [6, 6.07) is 17.0. The van der Waals surface area contributed by atoms with Crippen molar-refractivity contribution in [1.29, 1.82) is 0 Å². The maximum Gasteiger partial charge on any atom is 0.573 e. The lowest BCUT2D eigenvalue weighted by molar-refractivity contribution is -0.274. The molecule has 1 unspecified atom stereocenters. The summed E-state index contributed by atoms with van der Waals surface area (Å²) < 4.78 is 40.2. The second-order valence-corrected chi connectivity index (χ2v) is 7.53. The van der Waals surface area contributed by atoms with Gasteiger partial charge in [-0.3, -0.25) is 9.59 Å². The minimum Gasteiger partial charge on any atom is -0.406 e. The van der Waals surface area contributed by atoms with E-state index in [9.17, 15) is 27.9 Å². The molecule has 0 bridgehead atoms. The fourth-order valence-electron chi connectivity index (χ4n) is 2.61. The molecule has 31 heavy (non-hydrogen) atoms. The number of benzene rings is 2. The van der Waals surface area contributed by atoms with Gasteiger partial charge in [-0.2, -0.15) is 0 Å². The lowest BCUT2D eigenvalue weighted by atomic mass is 10.1. The van der Waals surface area contributed by atoms with Gasteiger partial charge in [0.15, 0.2) is 0 Å². The van der Waals surface area contributed by atoms with Crippen LogP contribution in [-0.2, 0) is 16.1 Å². The first-order chi connectivity index (χ1) is 14.7. The number of anilines is 1. The van der Waals surface area contributed by atoms with Crippen LogP contribution in [0.4, 0.5) is 18.9 Å². The highest BCUT2D eigenvalue weighted by molar-refractivity contribution is 7.12. The van der Waals surface area contributed by atoms with Gasteiger partial charge >= 0.3 is 18.2 Å². The van der Waals surface area contributed by atoms with Gasteiger partial charge in [0.25, 0.3) is 0 Å². The van der Waals surface area contributed by atoms with E-state index >= 15 is 0 Å². The molecular formula is C21H17F3N2O4S. The number of aliphatic hydroxyl groups excluding tert-OH is 1. The van der Waals surface area contributed by atoms with Crippen molar-refractivity contribution in [2.45, 2.75) is 19.0 Å². The molecule has 0 spiro atoms. The van der Waals surface area contributed by atoms with Crippen LogP contribution < -0.4 is 15.4 Å². The lowest BCUT2D eigenvalue weighted by Crippen LogP contribution is -2.34. The van der Waals surface area contributed by atoms with Gasteiger partial charge in [-0.1, -0.05) is 30.3 Å². The van der Waals surface area contributed by atoms with Crippen molar-refractivity contribution in [2.75, 3.05) is 5.32 Å². The molecule has 0 aliphatic rings. The van der Waals surface area contributed by atoms with Gasteiger partial charge in [0.2, 0.25) is 0 Å². The van der Waals surface area contributed by atoms with Gasteiger partial charge < -0.3 is 20.5 Å². The van der Waals surface area contributed by atoms with Crippen LogP contribution in [-0.4, -0.2) is 23.3 Å². The Bertz CT molecular complexity index is 1040. The van der Waals surface area contributed by atoms with Crippen LogP contribution in [0.3, 0.4) is 0 Å². The number of nitrogens with one attached hydrogen (secondary N) is 2. The zero-order chi connectivity index (χ0) is 22.4. The van der Waals surface area contributed by atoms with E-state index in [-0.39, 0.29) is 12.2 Å². The molecule has 1 heterocycles. The summed E-state index contributed by atoms with van der Waals surface area (Å²) in [5, 5.41) is 15.2. The highest BCUT2D eigenvalue weighted by Crippen LogP contribution is 2.28. The van der Waals surface area contributed by atoms with Gasteiger partial charge in [-0.05, 0) is 42.0 Å². The van der Waals surface area contributed by atoms with E-state index in [1.165, 1.54) is 23.5 Å². The van der Waals surface area contributed by atoms with Crippen molar-refractivity contribution in [1.82, 2.24) is 5.32 Å². The van der Waals surface area contributed by atoms with E-state index in [0.717, 1.165) is 22.6 Å². The normalized spacial score (nSPS) is 12.1. The second kappa shape index (κ2) is 9.63. The Morgan fingerprint density at radius 2 is 1.65 bits per heavy atom. The number of alkyl halides is 3. The third-order valence-corrected chi connectivity index (χ3v) is 5.18. The first-order valence-electron chi connectivity index (χ1n) is 8.98. The molecule has 0 aliphatic heterocycles. The lowest BCUT2D eigenvalue weighted by Gasteiger charge is -2.10. The summed E-state index contributed by atoms with van der Waals surface area (Å²) in [5.74, 6) is -2.32. The molecule has 0 saturated carbocycles. The van der Waals surface area contributed by atoms with Gasteiger partial charge in [0, 0.05) is 15.4 Å². The maximum absolute atomic E-state index is 12.2. The van der Waals surface area contributed by atoms with Crippen molar-refractivity contribution < 1.29 is 32.6 Å². The third kappa shape index (κ3) is 6.56. The minimum atomic E-state index is -4.82. The van der Waals surface area contributed by atoms with Crippen molar-refractivity contribution in [3.05, 3.63) is 82.0 Å². The average Bonchev–Trinajstić information content (AvgIpc) is 3.21. The number of carbonyl (C=O) groups is 2. The van der Waals surface area contributed by atoms with E-state index in [1.807, 2.05) is 18.2 Å². The fraction of sp³-hybridized carbons (Fsp3) is 0.143. The molecule has 0 saturated heterocycles. The van der Waals surface area contributed by atoms with Gasteiger partial charge in [0.1, 0.15) is 11.9 Å². The van der Waals surface area contributed by atoms with Crippen LogP contribution in [0.1, 0.15) is 21.4 Å². The largest absolute Gasteiger partial charge is 0.573 e. The van der Waals surface area contributed by atoms with E-state index in [0.29, 0.717) is 4.88 Å². The van der Waals surface area contributed by atoms with Crippen LogP contribution in [0.15, 0.2) is 66.7 Å². The molecule has 162 valence electrons. The molecule has 2 amide bonds. The number of hydrogen-bond donors (Lipinski definition) is 3. The number of ether oxygens (including phenoxy) is 1. The first-order valence-corrected chi connectivity index (χ1v) is 9.79. The quantitative estimate of drug-likeness (QED) is 0.496. The number of hydrogen-bond acceptors (Lipinski definition) is 5. The minimum absolute atomic E-state index is 0.0801. The molecule has 3 aromatic rings. The van der Waals surface area contributed by atoms with E-state index in [1.54, 1.807) is 24.3 Å². The van der Waals surface area contributed by atoms with Crippen molar-refractivity contribution in [2.24, 2.45) is 0 Å². The summed E-state index contributed by atoms with van der Waals surface area (Å²) in [7, 11) is 0. The van der Waals surface area contributed by atoms with Crippen LogP contribution >= 0.6 is 11.3 Å². The van der Waals surface area contributed by atoms with Crippen molar-refractivity contribution >= 4 is 28.8 Å². The van der Waals surface area contributed by atoms with Crippen molar-refractivity contribution in [3.8, 4) is 5.75 Å². The van der Waals surface area contributed by atoms with Crippen LogP contribution in [0.25, 0.3) is 0 Å². The van der Waals surface area contributed by atoms with Crippen LogP contribution in [0, 0.1) is 0 Å². The summed E-state index contributed by atoms with van der Waals surface area (Å²) in [6.45, 7) is 0.0801. The third-order valence-electron chi connectivity index (χ3n) is 4.04. The van der Waals surface area contributed by atoms with Gasteiger partial charge in [-0.15, -0.1) is 24.5 Å². The zero-order valence-corrected chi connectivity index (χ0v) is 16.7. The molecule has 2 aromatic carbocycles. The molecule has 10 heteroatoms. The number of halogens is 3. The molecule has 0 aliphatic carbocycles. The van der Waals surface area contributed by atoms with Gasteiger partial charge in [-0.25, -0.2) is 0 Å². The highest BCUT2D eigenvalue weighted by Gasteiger charge is 2.31. The van der Waals surface area contributed by atoms with Crippen molar-refractivity contribution in [3.63, 3.8) is 0 Å². The van der Waals surface area contributed by atoms with E-state index in [2.05, 4.69) is 15.4 Å². The fourth-order valence-corrected chi connectivity index (χ4v) is 3.58. The first kappa shape index (κ1) is 22.3. The summed E-state index contributed by atoms with van der Waals surface area (Å²) in [4.78, 5) is 25.4. The Balaban J connectivity index is 1.50. The molecule has 1 aromatic heterocycles. The highest BCUT2D eigenvalue weighted by atomic mass is 32.1. The number of carbonyl (C=O) groups excluding carboxylic acids is 2. The van der Waals surface area contributed by atoms with Crippen LogP contribution in [0.5, 0.6) is 5.75 Å². The molecule has 0 fully saturated rings. The summed E-state index contributed by atoms with van der Waals surface area (Å²) >= 11 is 1.30.